The molecule has 0 spiro atoms. The van der Waals surface area contributed by atoms with Gasteiger partial charge in [0.15, 0.2) is 0 Å². The molecule has 1 aliphatic heterocycles. The maximum absolute atomic E-state index is 12.0. The van der Waals surface area contributed by atoms with E-state index in [1.165, 1.54) is 0 Å². The summed E-state index contributed by atoms with van der Waals surface area (Å²) in [6.07, 6.45) is 0.811. The molecule has 0 saturated carbocycles. The van der Waals surface area contributed by atoms with Crippen molar-refractivity contribution >= 4 is 24.2 Å². The van der Waals surface area contributed by atoms with Crippen molar-refractivity contribution in [1.82, 2.24) is 15.1 Å². The average molecular weight is 337 g/mol. The first kappa shape index (κ1) is 21.1. The third-order valence-corrected chi connectivity index (χ3v) is 3.77. The van der Waals surface area contributed by atoms with Crippen molar-refractivity contribution in [3.05, 3.63) is 0 Å². The molecule has 1 aliphatic rings. The summed E-state index contributed by atoms with van der Waals surface area (Å²) < 4.78 is 4.94. The van der Waals surface area contributed by atoms with Gasteiger partial charge in [-0.1, -0.05) is 0 Å². The second-order valence-electron chi connectivity index (χ2n) is 5.46. The van der Waals surface area contributed by atoms with Crippen molar-refractivity contribution in [1.29, 1.82) is 0 Å². The van der Waals surface area contributed by atoms with Crippen LogP contribution in [0.1, 0.15) is 20.3 Å². The molecular weight excluding hydrogens is 308 g/mol. The number of methoxy groups -OCH3 is 1. The SMILES string of the molecule is COCCCNC(=O)C(C)N1CCN(C(=O)C(C)N)CC1.Cl. The molecule has 1 rings (SSSR count). The van der Waals surface area contributed by atoms with Crippen LogP contribution in [0, 0.1) is 0 Å². The van der Waals surface area contributed by atoms with Crippen LogP contribution in [0.4, 0.5) is 0 Å². The van der Waals surface area contributed by atoms with Crippen LogP contribution in [0.15, 0.2) is 0 Å². The molecule has 130 valence electrons. The minimum atomic E-state index is -0.460. The molecule has 2 unspecified atom stereocenters. The molecule has 0 aromatic heterocycles. The van der Waals surface area contributed by atoms with Gasteiger partial charge in [-0.3, -0.25) is 14.5 Å². The van der Waals surface area contributed by atoms with Gasteiger partial charge in [-0.25, -0.2) is 0 Å². The summed E-state index contributed by atoms with van der Waals surface area (Å²) in [5.41, 5.74) is 5.61. The minimum absolute atomic E-state index is 0. The molecule has 2 atom stereocenters. The zero-order valence-corrected chi connectivity index (χ0v) is 14.5. The molecule has 8 heteroatoms. The minimum Gasteiger partial charge on any atom is -0.385 e. The smallest absolute Gasteiger partial charge is 0.239 e. The van der Waals surface area contributed by atoms with Gasteiger partial charge in [0.25, 0.3) is 0 Å². The van der Waals surface area contributed by atoms with Gasteiger partial charge in [0.05, 0.1) is 12.1 Å². The lowest BCUT2D eigenvalue weighted by Crippen LogP contribution is -2.56. The van der Waals surface area contributed by atoms with Gasteiger partial charge < -0.3 is 20.7 Å². The van der Waals surface area contributed by atoms with Crippen LogP contribution in [0.3, 0.4) is 0 Å². The Bertz CT molecular complexity index is 347. The first-order valence-electron chi connectivity index (χ1n) is 7.52. The van der Waals surface area contributed by atoms with E-state index < -0.39 is 6.04 Å². The summed E-state index contributed by atoms with van der Waals surface area (Å²) in [6.45, 7) is 7.52. The number of piperazine rings is 1. The van der Waals surface area contributed by atoms with Gasteiger partial charge in [-0.05, 0) is 20.3 Å². The van der Waals surface area contributed by atoms with Crippen molar-refractivity contribution in [2.24, 2.45) is 5.73 Å². The summed E-state index contributed by atoms with van der Waals surface area (Å²) in [7, 11) is 1.65. The Morgan fingerprint density at radius 1 is 1.23 bits per heavy atom. The van der Waals surface area contributed by atoms with Crippen LogP contribution in [0.25, 0.3) is 0 Å². The fraction of sp³-hybridized carbons (Fsp3) is 0.857. The Morgan fingerprint density at radius 2 is 1.82 bits per heavy atom. The predicted molar refractivity (Wildman–Crippen MR) is 88.0 cm³/mol. The number of halogens is 1. The molecule has 0 aromatic carbocycles. The van der Waals surface area contributed by atoms with Gasteiger partial charge in [-0.2, -0.15) is 0 Å². The molecule has 1 saturated heterocycles. The number of hydrogen-bond donors (Lipinski definition) is 2. The Hall–Kier alpha value is -0.890. The van der Waals surface area contributed by atoms with Crippen molar-refractivity contribution in [3.63, 3.8) is 0 Å². The number of carbonyl (C=O) groups excluding carboxylic acids is 2. The summed E-state index contributed by atoms with van der Waals surface area (Å²) in [6, 6.07) is -0.641. The molecule has 1 heterocycles. The maximum atomic E-state index is 12.0. The van der Waals surface area contributed by atoms with E-state index in [-0.39, 0.29) is 30.3 Å². The number of nitrogens with one attached hydrogen (secondary N) is 1. The standard InChI is InChI=1S/C14H28N4O3.ClH/c1-11(15)14(20)18-8-6-17(7-9-18)12(2)13(19)16-5-4-10-21-3;/h11-12H,4-10,15H2,1-3H3,(H,16,19);1H. The molecule has 3 N–H and O–H groups in total. The number of nitrogens with zero attached hydrogens (tertiary/aromatic N) is 2. The molecular formula is C14H29ClN4O3. The lowest BCUT2D eigenvalue weighted by Gasteiger charge is -2.38. The van der Waals surface area contributed by atoms with E-state index in [1.54, 1.807) is 18.9 Å². The molecule has 0 aliphatic carbocycles. The second-order valence-corrected chi connectivity index (χ2v) is 5.46. The number of nitrogens with two attached hydrogens (primary N) is 1. The predicted octanol–water partition coefficient (Wildman–Crippen LogP) is -0.559. The third kappa shape index (κ3) is 6.48. The van der Waals surface area contributed by atoms with Crippen molar-refractivity contribution in [3.8, 4) is 0 Å². The molecule has 0 radical (unpaired) electrons. The molecule has 2 amide bonds. The molecule has 7 nitrogen and oxygen atoms in total. The fourth-order valence-corrected chi connectivity index (χ4v) is 2.36. The summed E-state index contributed by atoms with van der Waals surface area (Å²) in [5.74, 6) is 0.00407. The summed E-state index contributed by atoms with van der Waals surface area (Å²) >= 11 is 0. The highest BCUT2D eigenvalue weighted by Gasteiger charge is 2.28. The number of amides is 2. The Morgan fingerprint density at radius 3 is 2.32 bits per heavy atom. The molecule has 0 bridgehead atoms. The van der Waals surface area contributed by atoms with Gasteiger partial charge in [0, 0.05) is 46.4 Å². The number of rotatable bonds is 7. The number of ether oxygens (including phenoxy) is 1. The van der Waals surface area contributed by atoms with Crippen LogP contribution in [-0.2, 0) is 14.3 Å². The monoisotopic (exact) mass is 336 g/mol. The fourth-order valence-electron chi connectivity index (χ4n) is 2.36. The van der Waals surface area contributed by atoms with E-state index >= 15 is 0 Å². The first-order valence-corrected chi connectivity index (χ1v) is 7.52. The van der Waals surface area contributed by atoms with E-state index in [0.717, 1.165) is 6.42 Å². The first-order chi connectivity index (χ1) is 9.97. The zero-order valence-electron chi connectivity index (χ0n) is 13.7. The van der Waals surface area contributed by atoms with Gasteiger partial charge in [-0.15, -0.1) is 12.4 Å². The molecule has 22 heavy (non-hydrogen) atoms. The normalized spacial score (nSPS) is 18.3. The molecule has 1 fully saturated rings. The number of hydrogen-bond acceptors (Lipinski definition) is 5. The average Bonchev–Trinajstić information content (AvgIpc) is 2.50. The van der Waals surface area contributed by atoms with Crippen molar-refractivity contribution in [2.45, 2.75) is 32.4 Å². The van der Waals surface area contributed by atoms with E-state index in [9.17, 15) is 9.59 Å². The highest BCUT2D eigenvalue weighted by atomic mass is 35.5. The van der Waals surface area contributed by atoms with Crippen LogP contribution >= 0.6 is 12.4 Å². The quantitative estimate of drug-likeness (QED) is 0.609. The highest BCUT2D eigenvalue weighted by Crippen LogP contribution is 2.07. The maximum Gasteiger partial charge on any atom is 0.239 e. The Labute approximate surface area is 138 Å². The second kappa shape index (κ2) is 10.8. The van der Waals surface area contributed by atoms with Gasteiger partial charge >= 0.3 is 0 Å². The van der Waals surface area contributed by atoms with Crippen LogP contribution in [0.2, 0.25) is 0 Å². The van der Waals surface area contributed by atoms with E-state index in [1.807, 2.05) is 6.92 Å². The van der Waals surface area contributed by atoms with Crippen LogP contribution < -0.4 is 11.1 Å². The van der Waals surface area contributed by atoms with E-state index in [2.05, 4.69) is 10.2 Å². The number of carbonyl (C=O) groups is 2. The third-order valence-electron chi connectivity index (χ3n) is 3.77. The van der Waals surface area contributed by atoms with E-state index in [0.29, 0.717) is 39.3 Å². The van der Waals surface area contributed by atoms with Gasteiger partial charge in [0.1, 0.15) is 0 Å². The van der Waals surface area contributed by atoms with Crippen LogP contribution in [0.5, 0.6) is 0 Å². The Kier molecular flexibility index (Phi) is 10.3. The van der Waals surface area contributed by atoms with Gasteiger partial charge in [0.2, 0.25) is 11.8 Å². The van der Waals surface area contributed by atoms with Crippen LogP contribution in [-0.4, -0.2) is 80.1 Å². The Balaban J connectivity index is 0.00000441. The van der Waals surface area contributed by atoms with Crippen molar-refractivity contribution < 1.29 is 14.3 Å². The summed E-state index contributed by atoms with van der Waals surface area (Å²) in [4.78, 5) is 27.7. The topological polar surface area (TPSA) is 87.9 Å². The van der Waals surface area contributed by atoms with E-state index in [4.69, 9.17) is 10.5 Å². The van der Waals surface area contributed by atoms with Crippen molar-refractivity contribution in [2.75, 3.05) is 46.4 Å². The largest absolute Gasteiger partial charge is 0.385 e. The summed E-state index contributed by atoms with van der Waals surface area (Å²) in [5, 5.41) is 2.91. The molecule has 0 aromatic rings. The highest BCUT2D eigenvalue weighted by molar-refractivity contribution is 5.85. The zero-order chi connectivity index (χ0) is 15.8. The lowest BCUT2D eigenvalue weighted by atomic mass is 10.2. The lowest BCUT2D eigenvalue weighted by molar-refractivity contribution is -0.135.